The zero-order chi connectivity index (χ0) is 24.5. The van der Waals surface area contributed by atoms with E-state index in [0.29, 0.717) is 5.69 Å². The highest BCUT2D eigenvalue weighted by Gasteiger charge is 2.25. The zero-order valence-electron chi connectivity index (χ0n) is 18.5. The molecule has 0 aliphatic rings. The van der Waals surface area contributed by atoms with Gasteiger partial charge in [0.1, 0.15) is 0 Å². The quantitative estimate of drug-likeness (QED) is 0.384. The molecule has 0 aliphatic carbocycles. The van der Waals surface area contributed by atoms with E-state index in [0.717, 1.165) is 39.1 Å². The van der Waals surface area contributed by atoms with Gasteiger partial charge in [0, 0.05) is 31.0 Å². The highest BCUT2D eigenvalue weighted by Crippen LogP contribution is 2.40. The fourth-order valence-electron chi connectivity index (χ4n) is 2.39. The maximum Gasteiger partial charge on any atom is 0.513 e. The molecule has 2 aromatic carbocycles. The van der Waals surface area contributed by atoms with Gasteiger partial charge in [-0.2, -0.15) is 0 Å². The van der Waals surface area contributed by atoms with Gasteiger partial charge >= 0.3 is 18.5 Å². The van der Waals surface area contributed by atoms with Crippen LogP contribution in [0.25, 0.3) is 0 Å². The maximum absolute atomic E-state index is 12.8. The number of benzene rings is 2. The van der Waals surface area contributed by atoms with Gasteiger partial charge in [0.15, 0.2) is 11.5 Å². The predicted molar refractivity (Wildman–Crippen MR) is 114 cm³/mol. The van der Waals surface area contributed by atoms with Crippen molar-refractivity contribution in [2.24, 2.45) is 0 Å². The van der Waals surface area contributed by atoms with Crippen molar-refractivity contribution in [1.29, 1.82) is 0 Å². The van der Waals surface area contributed by atoms with E-state index in [2.05, 4.69) is 19.5 Å². The lowest BCUT2D eigenvalue weighted by atomic mass is 10.1. The second-order valence-corrected chi connectivity index (χ2v) is 6.37. The number of anilines is 2. The monoisotopic (exact) mass is 462 g/mol. The minimum absolute atomic E-state index is 0.110. The van der Waals surface area contributed by atoms with Crippen LogP contribution in [0, 0.1) is 0 Å². The molecule has 33 heavy (non-hydrogen) atoms. The van der Waals surface area contributed by atoms with Crippen LogP contribution in [0.15, 0.2) is 36.4 Å². The smallest absolute Gasteiger partial charge is 0.437 e. The molecule has 12 nitrogen and oxygen atoms in total. The van der Waals surface area contributed by atoms with Gasteiger partial charge in [-0.1, -0.05) is 0 Å². The van der Waals surface area contributed by atoms with Crippen LogP contribution in [-0.2, 0) is 14.2 Å². The second kappa shape index (κ2) is 11.2. The predicted octanol–water partition coefficient (Wildman–Crippen LogP) is 3.44. The number of methoxy groups -OCH3 is 3. The number of nitrogens with zero attached hydrogens (tertiary/aromatic N) is 1. The van der Waals surface area contributed by atoms with Gasteiger partial charge in [-0.3, -0.25) is 4.79 Å². The number of carbonyl (C=O) groups is 4. The van der Waals surface area contributed by atoms with Gasteiger partial charge in [0.25, 0.3) is 5.91 Å². The van der Waals surface area contributed by atoms with Crippen molar-refractivity contribution in [2.75, 3.05) is 45.6 Å². The molecule has 0 saturated carbocycles. The van der Waals surface area contributed by atoms with Crippen molar-refractivity contribution in [3.05, 3.63) is 42.0 Å². The molecule has 1 amide bonds. The molecule has 0 unspecified atom stereocenters. The average molecular weight is 462 g/mol. The van der Waals surface area contributed by atoms with Crippen molar-refractivity contribution in [2.45, 2.75) is 0 Å². The summed E-state index contributed by atoms with van der Waals surface area (Å²) in [5, 5.41) is 2.65. The van der Waals surface area contributed by atoms with Crippen LogP contribution in [0.1, 0.15) is 10.4 Å². The van der Waals surface area contributed by atoms with Crippen molar-refractivity contribution in [1.82, 2.24) is 0 Å². The third-order valence-corrected chi connectivity index (χ3v) is 4.00. The Hall–Kier alpha value is -4.48. The van der Waals surface area contributed by atoms with E-state index in [1.54, 1.807) is 24.3 Å². The van der Waals surface area contributed by atoms with Gasteiger partial charge in [-0.15, -0.1) is 0 Å². The van der Waals surface area contributed by atoms with Gasteiger partial charge < -0.3 is 38.6 Å². The first-order valence-corrected chi connectivity index (χ1v) is 9.22. The molecule has 12 heteroatoms. The molecule has 0 bridgehead atoms. The van der Waals surface area contributed by atoms with E-state index in [1.807, 2.05) is 19.0 Å². The minimum atomic E-state index is -1.21. The van der Waals surface area contributed by atoms with E-state index in [9.17, 15) is 19.2 Å². The third-order valence-electron chi connectivity index (χ3n) is 4.00. The van der Waals surface area contributed by atoms with Crippen molar-refractivity contribution >= 4 is 35.7 Å². The van der Waals surface area contributed by atoms with Crippen LogP contribution in [0.2, 0.25) is 0 Å². The lowest BCUT2D eigenvalue weighted by Gasteiger charge is -2.15. The lowest BCUT2D eigenvalue weighted by molar-refractivity contribution is 0.101. The van der Waals surface area contributed by atoms with E-state index in [4.69, 9.17) is 14.2 Å². The Morgan fingerprint density at radius 1 is 0.727 bits per heavy atom. The van der Waals surface area contributed by atoms with Crippen LogP contribution in [-0.4, -0.2) is 59.8 Å². The average Bonchev–Trinajstić information content (AvgIpc) is 2.80. The zero-order valence-corrected chi connectivity index (χ0v) is 18.5. The lowest BCUT2D eigenvalue weighted by Crippen LogP contribution is -2.17. The molecule has 0 saturated heterocycles. The number of ether oxygens (including phenoxy) is 6. The van der Waals surface area contributed by atoms with Crippen LogP contribution >= 0.6 is 0 Å². The molecule has 0 aromatic heterocycles. The highest BCUT2D eigenvalue weighted by atomic mass is 16.8. The Morgan fingerprint density at radius 3 is 1.61 bits per heavy atom. The molecule has 0 heterocycles. The Morgan fingerprint density at radius 2 is 1.18 bits per heavy atom. The first-order chi connectivity index (χ1) is 15.7. The molecule has 0 radical (unpaired) electrons. The first kappa shape index (κ1) is 24.8. The van der Waals surface area contributed by atoms with E-state index < -0.39 is 41.6 Å². The number of nitrogens with one attached hydrogen (secondary N) is 1. The molecular weight excluding hydrogens is 440 g/mol. The number of hydrogen-bond donors (Lipinski definition) is 1. The van der Waals surface area contributed by atoms with Gasteiger partial charge in [-0.05, 0) is 36.4 Å². The van der Waals surface area contributed by atoms with Gasteiger partial charge in [0.05, 0.1) is 21.3 Å². The number of amides is 1. The number of hydrogen-bond acceptors (Lipinski definition) is 11. The standard InChI is InChI=1S/C21H22N2O10/c1-23(2)14-8-6-13(7-9-14)22-18(24)12-10-15(31-19(25)28-3)17(33-21(27)30-5)16(11-12)32-20(26)29-4/h6-11H,1-5H3,(H,22,24). The summed E-state index contributed by atoms with van der Waals surface area (Å²) >= 11 is 0. The fourth-order valence-corrected chi connectivity index (χ4v) is 2.39. The van der Waals surface area contributed by atoms with E-state index in [-0.39, 0.29) is 5.56 Å². The first-order valence-electron chi connectivity index (χ1n) is 9.22. The van der Waals surface area contributed by atoms with Gasteiger partial charge in [0.2, 0.25) is 5.75 Å². The molecule has 0 spiro atoms. The summed E-state index contributed by atoms with van der Waals surface area (Å²) in [5.74, 6) is -2.09. The maximum atomic E-state index is 12.8. The van der Waals surface area contributed by atoms with Crippen LogP contribution in [0.3, 0.4) is 0 Å². The Balaban J connectivity index is 2.49. The molecular formula is C21H22N2O10. The van der Waals surface area contributed by atoms with Crippen molar-refractivity contribution in [3.63, 3.8) is 0 Å². The van der Waals surface area contributed by atoms with Crippen LogP contribution < -0.4 is 24.4 Å². The number of rotatable bonds is 6. The van der Waals surface area contributed by atoms with Gasteiger partial charge in [-0.25, -0.2) is 14.4 Å². The molecule has 0 aliphatic heterocycles. The summed E-state index contributed by atoms with van der Waals surface area (Å²) in [4.78, 5) is 49.8. The Labute approximate surface area is 188 Å². The van der Waals surface area contributed by atoms with E-state index >= 15 is 0 Å². The minimum Gasteiger partial charge on any atom is -0.437 e. The normalized spacial score (nSPS) is 9.85. The molecule has 2 rings (SSSR count). The third kappa shape index (κ3) is 6.75. The largest absolute Gasteiger partial charge is 0.513 e. The summed E-state index contributed by atoms with van der Waals surface area (Å²) in [7, 11) is 6.87. The van der Waals surface area contributed by atoms with Crippen LogP contribution in [0.4, 0.5) is 25.8 Å². The summed E-state index contributed by atoms with van der Waals surface area (Å²) in [5.41, 5.74) is 1.27. The molecule has 0 fully saturated rings. The van der Waals surface area contributed by atoms with E-state index in [1.165, 1.54) is 0 Å². The Kier molecular flexibility index (Phi) is 8.43. The topological polar surface area (TPSA) is 139 Å². The molecule has 0 atom stereocenters. The number of carbonyl (C=O) groups excluding carboxylic acids is 4. The second-order valence-electron chi connectivity index (χ2n) is 6.37. The summed E-state index contributed by atoms with van der Waals surface area (Å²) in [6, 6.07) is 9.12. The fraction of sp³-hybridized carbons (Fsp3) is 0.238. The van der Waals surface area contributed by atoms with Crippen molar-refractivity contribution in [3.8, 4) is 17.2 Å². The SMILES string of the molecule is COC(=O)Oc1cc(C(=O)Nc2ccc(N(C)C)cc2)cc(OC(=O)OC)c1OC(=O)OC. The summed E-state index contributed by atoms with van der Waals surface area (Å²) < 4.78 is 28.2. The summed E-state index contributed by atoms with van der Waals surface area (Å²) in [6.07, 6.45) is -3.59. The van der Waals surface area contributed by atoms with Crippen LogP contribution in [0.5, 0.6) is 17.2 Å². The molecule has 1 N–H and O–H groups in total. The summed E-state index contributed by atoms with van der Waals surface area (Å²) in [6.45, 7) is 0. The van der Waals surface area contributed by atoms with Crippen molar-refractivity contribution < 1.29 is 47.6 Å². The molecule has 176 valence electrons. The molecule has 2 aromatic rings. The highest BCUT2D eigenvalue weighted by molar-refractivity contribution is 6.05. The Bertz CT molecular complexity index is 995.